The fraction of sp³-hybridized carbons (Fsp3) is 0.667. The molecule has 0 N–H and O–H groups in total. The molecule has 82 valence electrons. The van der Waals surface area contributed by atoms with Crippen LogP contribution >= 0.6 is 23.3 Å². The van der Waals surface area contributed by atoms with Crippen LogP contribution in [0.15, 0.2) is 5.16 Å². The van der Waals surface area contributed by atoms with Gasteiger partial charge >= 0.3 is 0 Å². The summed E-state index contributed by atoms with van der Waals surface area (Å²) in [7, 11) is 0. The van der Waals surface area contributed by atoms with Gasteiger partial charge in [0, 0.05) is 24.3 Å². The second-order valence-corrected chi connectivity index (χ2v) is 5.71. The molecule has 1 aliphatic heterocycles. The van der Waals surface area contributed by atoms with Gasteiger partial charge in [-0.3, -0.25) is 4.79 Å². The number of thioether (sulfide) groups is 1. The number of nitrogens with zero attached hydrogens (tertiary/aromatic N) is 3. The van der Waals surface area contributed by atoms with E-state index in [0.717, 1.165) is 23.3 Å². The summed E-state index contributed by atoms with van der Waals surface area (Å²) in [5.74, 6) is 0.611. The third-order valence-corrected chi connectivity index (χ3v) is 4.23. The van der Waals surface area contributed by atoms with Crippen LogP contribution in [-0.4, -0.2) is 32.1 Å². The van der Waals surface area contributed by atoms with Gasteiger partial charge in [-0.1, -0.05) is 6.92 Å². The fourth-order valence-electron chi connectivity index (χ4n) is 1.50. The number of likely N-dealkylation sites (tertiary alicyclic amines) is 1. The highest BCUT2D eigenvalue weighted by Gasteiger charge is 2.36. The van der Waals surface area contributed by atoms with Gasteiger partial charge in [0.25, 0.3) is 5.24 Å². The maximum atomic E-state index is 11.8. The van der Waals surface area contributed by atoms with E-state index in [0.29, 0.717) is 17.1 Å². The Morgan fingerprint density at radius 1 is 1.60 bits per heavy atom. The van der Waals surface area contributed by atoms with Crippen LogP contribution in [0.5, 0.6) is 0 Å². The lowest BCUT2D eigenvalue weighted by atomic mass is 9.93. The van der Waals surface area contributed by atoms with Crippen molar-refractivity contribution >= 4 is 28.5 Å². The summed E-state index contributed by atoms with van der Waals surface area (Å²) in [6.45, 7) is 6.98. The van der Waals surface area contributed by atoms with Crippen molar-refractivity contribution in [2.45, 2.75) is 32.0 Å². The SMILES string of the molecule is Cc1nc(SC(=O)N2CC(C)C2C)ns1. The summed E-state index contributed by atoms with van der Waals surface area (Å²) in [6, 6.07) is 0.352. The summed E-state index contributed by atoms with van der Waals surface area (Å²) in [5.41, 5.74) is 0. The Bertz CT molecular complexity index is 379. The molecule has 2 heterocycles. The zero-order valence-electron chi connectivity index (χ0n) is 8.93. The van der Waals surface area contributed by atoms with Gasteiger partial charge in [0.05, 0.1) is 0 Å². The van der Waals surface area contributed by atoms with Gasteiger partial charge in [0.1, 0.15) is 5.01 Å². The molecular weight excluding hydrogens is 230 g/mol. The summed E-state index contributed by atoms with van der Waals surface area (Å²) in [5, 5.41) is 1.54. The molecule has 0 aromatic carbocycles. The normalized spacial score (nSPS) is 25.1. The van der Waals surface area contributed by atoms with Crippen LogP contribution in [0.25, 0.3) is 0 Å². The van der Waals surface area contributed by atoms with Crippen LogP contribution in [0.4, 0.5) is 4.79 Å². The predicted octanol–water partition coefficient (Wildman–Crippen LogP) is 2.40. The lowest BCUT2D eigenvalue weighted by molar-refractivity contribution is 0.0872. The lowest BCUT2D eigenvalue weighted by Crippen LogP contribution is -2.54. The van der Waals surface area contributed by atoms with Gasteiger partial charge in [-0.25, -0.2) is 4.98 Å². The Labute approximate surface area is 97.2 Å². The molecule has 4 nitrogen and oxygen atoms in total. The van der Waals surface area contributed by atoms with Crippen molar-refractivity contribution in [3.63, 3.8) is 0 Å². The second-order valence-electron chi connectivity index (χ2n) is 3.83. The number of aryl methyl sites for hydroxylation is 1. The molecule has 6 heteroatoms. The zero-order valence-corrected chi connectivity index (χ0v) is 10.6. The van der Waals surface area contributed by atoms with E-state index < -0.39 is 0 Å². The molecule has 15 heavy (non-hydrogen) atoms. The smallest absolute Gasteiger partial charge is 0.289 e. The van der Waals surface area contributed by atoms with Gasteiger partial charge in [-0.2, -0.15) is 4.37 Å². The molecule has 2 unspecified atom stereocenters. The first kappa shape index (κ1) is 10.9. The van der Waals surface area contributed by atoms with Crippen molar-refractivity contribution in [2.24, 2.45) is 5.92 Å². The van der Waals surface area contributed by atoms with E-state index in [1.54, 1.807) is 0 Å². The number of rotatable bonds is 1. The number of aromatic nitrogens is 2. The minimum atomic E-state index is 0.0680. The molecule has 0 bridgehead atoms. The Balaban J connectivity index is 1.93. The molecule has 2 atom stereocenters. The van der Waals surface area contributed by atoms with Crippen molar-refractivity contribution in [3.05, 3.63) is 5.01 Å². The Morgan fingerprint density at radius 3 is 2.80 bits per heavy atom. The van der Waals surface area contributed by atoms with E-state index in [1.807, 2.05) is 11.8 Å². The Morgan fingerprint density at radius 2 is 2.33 bits per heavy atom. The molecule has 0 aliphatic carbocycles. The van der Waals surface area contributed by atoms with E-state index in [9.17, 15) is 4.79 Å². The van der Waals surface area contributed by atoms with Crippen LogP contribution in [0.3, 0.4) is 0 Å². The Kier molecular flexibility index (Phi) is 2.97. The number of hydrogen-bond acceptors (Lipinski definition) is 5. The molecule has 0 spiro atoms. The van der Waals surface area contributed by atoms with Crippen LogP contribution in [-0.2, 0) is 0 Å². The summed E-state index contributed by atoms with van der Waals surface area (Å²) in [6.07, 6.45) is 0. The van der Waals surface area contributed by atoms with E-state index in [4.69, 9.17) is 0 Å². The van der Waals surface area contributed by atoms with Gasteiger partial charge in [-0.05, 0) is 31.3 Å². The number of amides is 1. The number of hydrogen-bond donors (Lipinski definition) is 0. The van der Waals surface area contributed by atoms with E-state index >= 15 is 0 Å². The highest BCUT2D eigenvalue weighted by molar-refractivity contribution is 8.13. The zero-order chi connectivity index (χ0) is 11.0. The molecule has 1 aromatic heterocycles. The molecule has 2 rings (SSSR count). The van der Waals surface area contributed by atoms with Crippen molar-refractivity contribution < 1.29 is 4.79 Å². The molecular formula is C9H13N3OS2. The lowest BCUT2D eigenvalue weighted by Gasteiger charge is -2.44. The Hall–Kier alpha value is -0.620. The first-order valence-corrected chi connectivity index (χ1v) is 6.45. The number of carbonyl (C=O) groups is 1. The van der Waals surface area contributed by atoms with Crippen molar-refractivity contribution in [1.82, 2.24) is 14.3 Å². The average molecular weight is 243 g/mol. The van der Waals surface area contributed by atoms with Crippen LogP contribution in [0.1, 0.15) is 18.9 Å². The molecule has 1 aliphatic rings. The highest BCUT2D eigenvalue weighted by Crippen LogP contribution is 2.30. The van der Waals surface area contributed by atoms with Crippen molar-refractivity contribution in [3.8, 4) is 0 Å². The number of carbonyl (C=O) groups excluding carboxylic acids is 1. The third-order valence-electron chi connectivity index (χ3n) is 2.72. The van der Waals surface area contributed by atoms with Gasteiger partial charge < -0.3 is 4.90 Å². The first-order chi connectivity index (χ1) is 7.08. The quantitative estimate of drug-likeness (QED) is 0.711. The third kappa shape index (κ3) is 2.15. The van der Waals surface area contributed by atoms with Crippen LogP contribution in [0, 0.1) is 12.8 Å². The minimum Gasteiger partial charge on any atom is -0.330 e. The summed E-state index contributed by atoms with van der Waals surface area (Å²) in [4.78, 5) is 17.8. The standard InChI is InChI=1S/C9H13N3OS2/c1-5-4-12(6(5)2)9(13)14-8-10-7(3)15-11-8/h5-6H,4H2,1-3H3. The van der Waals surface area contributed by atoms with E-state index in [-0.39, 0.29) is 5.24 Å². The topological polar surface area (TPSA) is 46.1 Å². The maximum absolute atomic E-state index is 11.8. The van der Waals surface area contributed by atoms with Crippen molar-refractivity contribution in [2.75, 3.05) is 6.54 Å². The van der Waals surface area contributed by atoms with Crippen LogP contribution in [0.2, 0.25) is 0 Å². The molecule has 1 aromatic rings. The maximum Gasteiger partial charge on any atom is 0.289 e. The molecule has 1 fully saturated rings. The minimum absolute atomic E-state index is 0.0680. The fourth-order valence-corrected chi connectivity index (χ4v) is 2.89. The molecule has 1 amide bonds. The second kappa shape index (κ2) is 4.09. The molecule has 0 radical (unpaired) electrons. The van der Waals surface area contributed by atoms with Gasteiger partial charge in [0.2, 0.25) is 5.16 Å². The predicted molar refractivity (Wildman–Crippen MR) is 61.2 cm³/mol. The monoisotopic (exact) mass is 243 g/mol. The molecule has 0 saturated carbocycles. The summed E-state index contributed by atoms with van der Waals surface area (Å²) >= 11 is 2.46. The van der Waals surface area contributed by atoms with Crippen LogP contribution < -0.4 is 0 Å². The largest absolute Gasteiger partial charge is 0.330 e. The van der Waals surface area contributed by atoms with E-state index in [1.165, 1.54) is 11.5 Å². The summed E-state index contributed by atoms with van der Waals surface area (Å²) < 4.78 is 4.09. The van der Waals surface area contributed by atoms with E-state index in [2.05, 4.69) is 23.2 Å². The highest BCUT2D eigenvalue weighted by atomic mass is 32.2. The van der Waals surface area contributed by atoms with Gasteiger partial charge in [0.15, 0.2) is 0 Å². The van der Waals surface area contributed by atoms with Gasteiger partial charge in [-0.15, -0.1) is 0 Å². The van der Waals surface area contributed by atoms with Crippen molar-refractivity contribution in [1.29, 1.82) is 0 Å². The average Bonchev–Trinajstić information content (AvgIpc) is 2.59. The molecule has 1 saturated heterocycles. The first-order valence-electron chi connectivity index (χ1n) is 4.86.